The first-order valence-electron chi connectivity index (χ1n) is 6.42. The van der Waals surface area contributed by atoms with Gasteiger partial charge in [0.2, 0.25) is 0 Å². The lowest BCUT2D eigenvalue weighted by Gasteiger charge is -2.39. The lowest BCUT2D eigenvalue weighted by atomic mass is 9.88. The third-order valence-corrected chi connectivity index (χ3v) is 3.34. The van der Waals surface area contributed by atoms with Gasteiger partial charge in [0, 0.05) is 22.4 Å². The van der Waals surface area contributed by atoms with E-state index in [1.165, 1.54) is 16.9 Å². The molecule has 1 aliphatic heterocycles. The summed E-state index contributed by atoms with van der Waals surface area (Å²) in [4.78, 5) is 0. The summed E-state index contributed by atoms with van der Waals surface area (Å²) >= 11 is 0. The van der Waals surface area contributed by atoms with Crippen molar-refractivity contribution in [2.24, 2.45) is 5.41 Å². The summed E-state index contributed by atoms with van der Waals surface area (Å²) in [7, 11) is 0. The quantitative estimate of drug-likeness (QED) is 0.775. The van der Waals surface area contributed by atoms with Gasteiger partial charge in [-0.15, -0.1) is 0 Å². The molecule has 0 bridgehead atoms. The van der Waals surface area contributed by atoms with Gasteiger partial charge >= 0.3 is 0 Å². The van der Waals surface area contributed by atoms with Crippen LogP contribution in [0.15, 0.2) is 30.9 Å². The third kappa shape index (κ3) is 2.15. The molecule has 1 aromatic rings. The maximum atomic E-state index is 3.89. The lowest BCUT2D eigenvalue weighted by molar-refractivity contribution is 0.317. The molecule has 0 saturated heterocycles. The first-order chi connectivity index (χ1) is 8.47. The SMILES string of the molecule is C=Cc1cccc2c1/C(=C\C)NC(C(C)(C)C)N2. The largest absolute Gasteiger partial charge is 0.365 e. The summed E-state index contributed by atoms with van der Waals surface area (Å²) in [5.74, 6) is 0. The van der Waals surface area contributed by atoms with Crippen LogP contribution in [-0.2, 0) is 0 Å². The second-order valence-corrected chi connectivity index (χ2v) is 5.76. The molecule has 18 heavy (non-hydrogen) atoms. The highest BCUT2D eigenvalue weighted by molar-refractivity contribution is 5.84. The zero-order valence-corrected chi connectivity index (χ0v) is 11.7. The molecule has 1 aliphatic rings. The number of hydrogen-bond acceptors (Lipinski definition) is 2. The van der Waals surface area contributed by atoms with Gasteiger partial charge < -0.3 is 10.6 Å². The summed E-state index contributed by atoms with van der Waals surface area (Å²) in [6.07, 6.45) is 4.27. The van der Waals surface area contributed by atoms with Crippen LogP contribution in [0.2, 0.25) is 0 Å². The number of rotatable bonds is 1. The second kappa shape index (κ2) is 4.52. The van der Waals surface area contributed by atoms with Crippen LogP contribution in [0.25, 0.3) is 11.8 Å². The summed E-state index contributed by atoms with van der Waals surface area (Å²) in [6, 6.07) is 6.29. The van der Waals surface area contributed by atoms with E-state index in [2.05, 4.69) is 69.2 Å². The Kier molecular flexibility index (Phi) is 3.20. The van der Waals surface area contributed by atoms with Crippen molar-refractivity contribution >= 4 is 17.5 Å². The molecular weight excluding hydrogens is 220 g/mol. The second-order valence-electron chi connectivity index (χ2n) is 5.76. The molecule has 1 atom stereocenters. The monoisotopic (exact) mass is 242 g/mol. The Balaban J connectivity index is 2.52. The minimum Gasteiger partial charge on any atom is -0.365 e. The molecule has 0 aromatic heterocycles. The highest BCUT2D eigenvalue weighted by Gasteiger charge is 2.30. The van der Waals surface area contributed by atoms with Crippen LogP contribution in [0, 0.1) is 5.41 Å². The number of allylic oxidation sites excluding steroid dienone is 1. The number of benzene rings is 1. The Morgan fingerprint density at radius 2 is 1.94 bits per heavy atom. The van der Waals surface area contributed by atoms with Gasteiger partial charge in [-0.05, 0) is 18.6 Å². The van der Waals surface area contributed by atoms with Crippen molar-refractivity contribution in [1.29, 1.82) is 0 Å². The Hall–Kier alpha value is -1.70. The normalized spacial score (nSPS) is 20.9. The van der Waals surface area contributed by atoms with Gasteiger partial charge in [0.05, 0.1) is 0 Å². The average Bonchev–Trinajstić information content (AvgIpc) is 2.35. The molecule has 1 unspecified atom stereocenters. The first kappa shape index (κ1) is 12.7. The van der Waals surface area contributed by atoms with E-state index in [0.717, 1.165) is 5.56 Å². The predicted octanol–water partition coefficient (Wildman–Crippen LogP) is 4.08. The lowest BCUT2D eigenvalue weighted by Crippen LogP contribution is -2.48. The van der Waals surface area contributed by atoms with Gasteiger partial charge in [0.15, 0.2) is 0 Å². The summed E-state index contributed by atoms with van der Waals surface area (Å²) in [5.41, 5.74) is 4.89. The van der Waals surface area contributed by atoms with Crippen LogP contribution >= 0.6 is 0 Å². The molecule has 0 radical (unpaired) electrons. The number of anilines is 1. The summed E-state index contributed by atoms with van der Waals surface area (Å²) in [5, 5.41) is 7.15. The maximum absolute atomic E-state index is 3.89. The van der Waals surface area contributed by atoms with Gasteiger partial charge in [-0.1, -0.05) is 51.6 Å². The van der Waals surface area contributed by atoms with Crippen molar-refractivity contribution < 1.29 is 0 Å². The minimum atomic E-state index is 0.149. The first-order valence-corrected chi connectivity index (χ1v) is 6.42. The van der Waals surface area contributed by atoms with Crippen molar-refractivity contribution in [1.82, 2.24) is 5.32 Å². The van der Waals surface area contributed by atoms with Crippen molar-refractivity contribution in [2.75, 3.05) is 5.32 Å². The van der Waals surface area contributed by atoms with Gasteiger partial charge in [0.25, 0.3) is 0 Å². The summed E-state index contributed by atoms with van der Waals surface area (Å²) < 4.78 is 0. The Labute approximate surface area is 110 Å². The van der Waals surface area contributed by atoms with E-state index in [9.17, 15) is 0 Å². The molecule has 1 aromatic carbocycles. The zero-order valence-electron chi connectivity index (χ0n) is 11.7. The van der Waals surface area contributed by atoms with Crippen molar-refractivity contribution in [3.05, 3.63) is 42.0 Å². The van der Waals surface area contributed by atoms with Gasteiger partial charge in [-0.2, -0.15) is 0 Å². The van der Waals surface area contributed by atoms with E-state index in [0.29, 0.717) is 0 Å². The fourth-order valence-electron chi connectivity index (χ4n) is 2.24. The standard InChI is InChI=1S/C16H22N2/c1-6-11-9-8-10-13-14(11)12(7-2)17-15(18-13)16(3,4)5/h6-10,15,17-18H,1H2,2-5H3/b12-7+. The molecule has 2 heteroatoms. The molecule has 0 saturated carbocycles. The van der Waals surface area contributed by atoms with E-state index in [4.69, 9.17) is 0 Å². The zero-order chi connectivity index (χ0) is 13.3. The highest BCUT2D eigenvalue weighted by Crippen LogP contribution is 2.35. The van der Waals surface area contributed by atoms with Gasteiger partial charge in [-0.3, -0.25) is 0 Å². The van der Waals surface area contributed by atoms with Crippen LogP contribution in [0.4, 0.5) is 5.69 Å². The fourth-order valence-corrected chi connectivity index (χ4v) is 2.24. The van der Waals surface area contributed by atoms with Crippen LogP contribution in [0.1, 0.15) is 38.8 Å². The Morgan fingerprint density at radius 3 is 2.50 bits per heavy atom. The smallest absolute Gasteiger partial charge is 0.101 e. The molecule has 0 fully saturated rings. The van der Waals surface area contributed by atoms with E-state index in [-0.39, 0.29) is 11.6 Å². The minimum absolute atomic E-state index is 0.149. The van der Waals surface area contributed by atoms with E-state index in [1.807, 2.05) is 6.08 Å². The van der Waals surface area contributed by atoms with E-state index in [1.54, 1.807) is 0 Å². The number of fused-ring (bicyclic) bond motifs is 1. The molecule has 2 nitrogen and oxygen atoms in total. The van der Waals surface area contributed by atoms with Gasteiger partial charge in [-0.25, -0.2) is 0 Å². The Morgan fingerprint density at radius 1 is 1.22 bits per heavy atom. The molecule has 0 aliphatic carbocycles. The topological polar surface area (TPSA) is 24.1 Å². The molecule has 1 heterocycles. The van der Waals surface area contributed by atoms with Crippen LogP contribution in [-0.4, -0.2) is 6.17 Å². The molecule has 0 spiro atoms. The average molecular weight is 242 g/mol. The molecule has 2 rings (SSSR count). The maximum Gasteiger partial charge on any atom is 0.101 e. The van der Waals surface area contributed by atoms with E-state index < -0.39 is 0 Å². The van der Waals surface area contributed by atoms with Crippen LogP contribution < -0.4 is 10.6 Å². The molecule has 2 N–H and O–H groups in total. The third-order valence-electron chi connectivity index (χ3n) is 3.34. The highest BCUT2D eigenvalue weighted by atomic mass is 15.2. The number of nitrogens with one attached hydrogen (secondary N) is 2. The Bertz CT molecular complexity index is 492. The molecule has 0 amide bonds. The van der Waals surface area contributed by atoms with Crippen molar-refractivity contribution in [3.8, 4) is 0 Å². The predicted molar refractivity (Wildman–Crippen MR) is 80.2 cm³/mol. The number of hydrogen-bond donors (Lipinski definition) is 2. The van der Waals surface area contributed by atoms with Crippen molar-refractivity contribution in [2.45, 2.75) is 33.9 Å². The molecule has 96 valence electrons. The van der Waals surface area contributed by atoms with Crippen LogP contribution in [0.5, 0.6) is 0 Å². The summed E-state index contributed by atoms with van der Waals surface area (Å²) in [6.45, 7) is 12.6. The van der Waals surface area contributed by atoms with Crippen molar-refractivity contribution in [3.63, 3.8) is 0 Å². The van der Waals surface area contributed by atoms with Crippen LogP contribution in [0.3, 0.4) is 0 Å². The van der Waals surface area contributed by atoms with Gasteiger partial charge in [0.1, 0.15) is 6.17 Å². The fraction of sp³-hybridized carbons (Fsp3) is 0.375. The van der Waals surface area contributed by atoms with E-state index >= 15 is 0 Å². The molecular formula is C16H22N2.